The Morgan fingerprint density at radius 3 is 2.22 bits per heavy atom. The molecule has 0 unspecified atom stereocenters. The zero-order valence-electron chi connectivity index (χ0n) is 17.5. The van der Waals surface area contributed by atoms with Crippen LogP contribution in [0.2, 0.25) is 0 Å². The van der Waals surface area contributed by atoms with Crippen LogP contribution in [0, 0.1) is 0 Å². The molecule has 0 aliphatic heterocycles. The number of ether oxygens (including phenoxy) is 2. The number of hydrogen-bond acceptors (Lipinski definition) is 7. The molecule has 2 N–H and O–H groups in total. The van der Waals surface area contributed by atoms with Gasteiger partial charge in [-0.1, -0.05) is 6.07 Å². The predicted molar refractivity (Wildman–Crippen MR) is 124 cm³/mol. The van der Waals surface area contributed by atoms with Crippen molar-refractivity contribution in [3.63, 3.8) is 0 Å². The molecule has 3 aromatic rings. The summed E-state index contributed by atoms with van der Waals surface area (Å²) in [6, 6.07) is 14.5. The fourth-order valence-electron chi connectivity index (χ4n) is 2.81. The van der Waals surface area contributed by atoms with Gasteiger partial charge in [-0.15, -0.1) is 11.3 Å². The lowest BCUT2D eigenvalue weighted by atomic mass is 10.2. The molecule has 1 aromatic heterocycles. The summed E-state index contributed by atoms with van der Waals surface area (Å²) < 4.78 is 35.0. The second kappa shape index (κ2) is 10.3. The minimum atomic E-state index is -3.47. The van der Waals surface area contributed by atoms with Crippen LogP contribution in [0.1, 0.15) is 16.8 Å². The van der Waals surface area contributed by atoms with Crippen LogP contribution in [0.3, 0.4) is 0 Å². The molecule has 2 amide bonds. The number of amides is 2. The highest BCUT2D eigenvalue weighted by atomic mass is 32.2. The van der Waals surface area contributed by atoms with Crippen molar-refractivity contribution in [1.29, 1.82) is 0 Å². The van der Waals surface area contributed by atoms with Crippen molar-refractivity contribution in [2.75, 3.05) is 30.6 Å². The number of methoxy groups -OCH3 is 2. The third-order valence-corrected chi connectivity index (χ3v) is 7.67. The van der Waals surface area contributed by atoms with Gasteiger partial charge < -0.3 is 20.1 Å². The Morgan fingerprint density at radius 1 is 0.906 bits per heavy atom. The van der Waals surface area contributed by atoms with Gasteiger partial charge in [0.25, 0.3) is 5.91 Å². The van der Waals surface area contributed by atoms with Crippen molar-refractivity contribution < 1.29 is 27.5 Å². The van der Waals surface area contributed by atoms with Crippen LogP contribution in [-0.4, -0.2) is 40.2 Å². The normalized spacial score (nSPS) is 10.9. The van der Waals surface area contributed by atoms with Crippen molar-refractivity contribution in [1.82, 2.24) is 0 Å². The summed E-state index contributed by atoms with van der Waals surface area (Å²) in [6.07, 6.45) is -0.165. The first kappa shape index (κ1) is 23.3. The van der Waals surface area contributed by atoms with Gasteiger partial charge in [-0.05, 0) is 47.8 Å². The summed E-state index contributed by atoms with van der Waals surface area (Å²) in [6.45, 7) is 0. The fourth-order valence-corrected chi connectivity index (χ4v) is 5.21. The Morgan fingerprint density at radius 2 is 1.59 bits per heavy atom. The van der Waals surface area contributed by atoms with E-state index in [1.165, 1.54) is 20.3 Å². The monoisotopic (exact) mass is 474 g/mol. The number of rotatable bonds is 9. The van der Waals surface area contributed by atoms with Gasteiger partial charge in [0.2, 0.25) is 5.91 Å². The molecular weight excluding hydrogens is 452 g/mol. The van der Waals surface area contributed by atoms with Gasteiger partial charge in [0.1, 0.15) is 4.21 Å². The van der Waals surface area contributed by atoms with Gasteiger partial charge in [0.15, 0.2) is 21.3 Å². The quantitative estimate of drug-likeness (QED) is 0.488. The molecule has 0 radical (unpaired) electrons. The smallest absolute Gasteiger partial charge is 0.255 e. The van der Waals surface area contributed by atoms with E-state index in [9.17, 15) is 18.0 Å². The van der Waals surface area contributed by atoms with E-state index in [1.54, 1.807) is 53.9 Å². The molecule has 1 heterocycles. The van der Waals surface area contributed by atoms with Gasteiger partial charge in [-0.25, -0.2) is 8.42 Å². The maximum atomic E-state index is 12.5. The molecule has 10 heteroatoms. The molecule has 0 fully saturated rings. The van der Waals surface area contributed by atoms with E-state index in [1.807, 2.05) is 0 Å². The van der Waals surface area contributed by atoms with Crippen molar-refractivity contribution in [3.8, 4) is 11.5 Å². The maximum absolute atomic E-state index is 12.5. The standard InChI is InChI=1S/C22H22N2O6S2/c1-29-18-10-9-17(14-19(18)30-2)24-22(26)15-5-7-16(8-6-15)23-20(25)11-13-32(27,28)21-4-3-12-31-21/h3-10,12,14H,11,13H2,1-2H3,(H,23,25)(H,24,26). The first-order valence-corrected chi connectivity index (χ1v) is 12.0. The average molecular weight is 475 g/mol. The first-order valence-electron chi connectivity index (χ1n) is 9.52. The van der Waals surface area contributed by atoms with E-state index in [2.05, 4.69) is 10.6 Å². The van der Waals surface area contributed by atoms with E-state index < -0.39 is 15.7 Å². The average Bonchev–Trinajstić information content (AvgIpc) is 3.34. The van der Waals surface area contributed by atoms with Crippen LogP contribution in [0.5, 0.6) is 11.5 Å². The molecule has 3 rings (SSSR count). The first-order chi connectivity index (χ1) is 15.3. The van der Waals surface area contributed by atoms with E-state index in [0.717, 1.165) is 11.3 Å². The summed E-state index contributed by atoms with van der Waals surface area (Å²) in [7, 11) is -0.439. The lowest BCUT2D eigenvalue weighted by molar-refractivity contribution is -0.115. The van der Waals surface area contributed by atoms with Gasteiger partial charge in [0.05, 0.1) is 20.0 Å². The minimum Gasteiger partial charge on any atom is -0.493 e. The van der Waals surface area contributed by atoms with E-state index in [0.29, 0.717) is 28.4 Å². The summed E-state index contributed by atoms with van der Waals surface area (Å²) in [4.78, 5) is 24.6. The van der Waals surface area contributed by atoms with Crippen LogP contribution < -0.4 is 20.1 Å². The van der Waals surface area contributed by atoms with Crippen LogP contribution in [-0.2, 0) is 14.6 Å². The Labute approximate surface area is 190 Å². The maximum Gasteiger partial charge on any atom is 0.255 e. The van der Waals surface area contributed by atoms with Gasteiger partial charge in [0, 0.05) is 29.4 Å². The highest BCUT2D eigenvalue weighted by molar-refractivity contribution is 7.93. The third-order valence-electron chi connectivity index (χ3n) is 4.47. The topological polar surface area (TPSA) is 111 Å². The number of sulfone groups is 1. The Kier molecular flexibility index (Phi) is 7.49. The van der Waals surface area contributed by atoms with Crippen molar-refractivity contribution >= 4 is 44.4 Å². The Bertz CT molecular complexity index is 1190. The number of nitrogens with one attached hydrogen (secondary N) is 2. The highest BCUT2D eigenvalue weighted by Gasteiger charge is 2.17. The van der Waals surface area contributed by atoms with Gasteiger partial charge in [-0.2, -0.15) is 0 Å². The van der Waals surface area contributed by atoms with E-state index >= 15 is 0 Å². The minimum absolute atomic E-state index is 0.165. The molecule has 0 aliphatic carbocycles. The lowest BCUT2D eigenvalue weighted by Crippen LogP contribution is -2.17. The number of anilines is 2. The molecule has 2 aromatic carbocycles. The molecule has 0 bridgehead atoms. The second-order valence-corrected chi connectivity index (χ2v) is 9.93. The van der Waals surface area contributed by atoms with E-state index in [-0.39, 0.29) is 22.3 Å². The summed E-state index contributed by atoms with van der Waals surface area (Å²) in [5.74, 6) is 0.00793. The largest absolute Gasteiger partial charge is 0.493 e. The SMILES string of the molecule is COc1ccc(NC(=O)c2ccc(NC(=O)CCS(=O)(=O)c3cccs3)cc2)cc1OC. The number of hydrogen-bond donors (Lipinski definition) is 2. The Hall–Kier alpha value is -3.37. The Balaban J connectivity index is 1.56. The number of carbonyl (C=O) groups is 2. The third kappa shape index (κ3) is 5.86. The predicted octanol–water partition coefficient (Wildman–Crippen LogP) is 3.82. The van der Waals surface area contributed by atoms with Crippen molar-refractivity contribution in [2.24, 2.45) is 0 Å². The molecule has 8 nitrogen and oxygen atoms in total. The lowest BCUT2D eigenvalue weighted by Gasteiger charge is -2.11. The van der Waals surface area contributed by atoms with Gasteiger partial charge in [-0.3, -0.25) is 9.59 Å². The molecule has 0 atom stereocenters. The molecule has 0 aliphatic rings. The van der Waals surface area contributed by atoms with Crippen LogP contribution in [0.15, 0.2) is 64.2 Å². The van der Waals surface area contributed by atoms with Crippen LogP contribution in [0.25, 0.3) is 0 Å². The van der Waals surface area contributed by atoms with Crippen LogP contribution >= 0.6 is 11.3 Å². The molecule has 0 spiro atoms. The second-order valence-electron chi connectivity index (χ2n) is 6.65. The van der Waals surface area contributed by atoms with Gasteiger partial charge >= 0.3 is 0 Å². The summed E-state index contributed by atoms with van der Waals surface area (Å²) in [5, 5.41) is 7.08. The number of benzene rings is 2. The zero-order valence-corrected chi connectivity index (χ0v) is 19.1. The number of carbonyl (C=O) groups excluding carboxylic acids is 2. The fraction of sp³-hybridized carbons (Fsp3) is 0.182. The van der Waals surface area contributed by atoms with Crippen molar-refractivity contribution in [3.05, 3.63) is 65.5 Å². The molecule has 0 saturated carbocycles. The van der Waals surface area contributed by atoms with E-state index in [4.69, 9.17) is 9.47 Å². The highest BCUT2D eigenvalue weighted by Crippen LogP contribution is 2.30. The van der Waals surface area contributed by atoms with Crippen LogP contribution in [0.4, 0.5) is 11.4 Å². The molecular formula is C22H22N2O6S2. The summed E-state index contributed by atoms with van der Waals surface area (Å²) >= 11 is 1.12. The molecule has 0 saturated heterocycles. The van der Waals surface area contributed by atoms with Crippen molar-refractivity contribution in [2.45, 2.75) is 10.6 Å². The molecule has 32 heavy (non-hydrogen) atoms. The zero-order chi connectivity index (χ0) is 23.1. The summed E-state index contributed by atoms with van der Waals surface area (Å²) in [5.41, 5.74) is 1.39. The number of thiophene rings is 1. The molecule has 168 valence electrons.